The van der Waals surface area contributed by atoms with Gasteiger partial charge >= 0.3 is 5.97 Å². The second-order valence-corrected chi connectivity index (χ2v) is 12.6. The number of hydrogen-bond acceptors (Lipinski definition) is 8. The predicted octanol–water partition coefficient (Wildman–Crippen LogP) is 5.79. The van der Waals surface area contributed by atoms with Gasteiger partial charge in [0, 0.05) is 40.8 Å². The molecule has 2 aromatic heterocycles. The fourth-order valence-electron chi connectivity index (χ4n) is 5.84. The van der Waals surface area contributed by atoms with Crippen LogP contribution < -0.4 is 19.6 Å². The number of para-hydroxylation sites is 1. The number of ether oxygens (including phenoxy) is 2. The van der Waals surface area contributed by atoms with E-state index in [0.29, 0.717) is 42.9 Å². The zero-order valence-electron chi connectivity index (χ0n) is 25.4. The molecule has 10 nitrogen and oxygen atoms in total. The topological polar surface area (TPSA) is 118 Å². The molecule has 0 bridgehead atoms. The quantitative estimate of drug-likeness (QED) is 0.115. The Morgan fingerprint density at radius 2 is 1.87 bits per heavy atom. The van der Waals surface area contributed by atoms with Gasteiger partial charge in [0.05, 0.1) is 45.0 Å². The van der Waals surface area contributed by atoms with E-state index in [4.69, 9.17) is 14.5 Å². The minimum absolute atomic E-state index is 0.0375. The van der Waals surface area contributed by atoms with Crippen molar-refractivity contribution in [2.24, 2.45) is 4.99 Å². The first-order valence-corrected chi connectivity index (χ1v) is 16.1. The van der Waals surface area contributed by atoms with E-state index in [1.807, 2.05) is 49.4 Å². The third kappa shape index (κ3) is 5.47. The van der Waals surface area contributed by atoms with Crippen molar-refractivity contribution in [1.82, 2.24) is 9.13 Å². The molecule has 0 radical (unpaired) electrons. The summed E-state index contributed by atoms with van der Waals surface area (Å²) in [4.78, 5) is 43.5. The van der Waals surface area contributed by atoms with Gasteiger partial charge in [-0.3, -0.25) is 19.5 Å². The highest BCUT2D eigenvalue weighted by molar-refractivity contribution is 9.10. The average molecular weight is 702 g/mol. The maximum Gasteiger partial charge on any atom is 0.338 e. The van der Waals surface area contributed by atoms with Crippen molar-refractivity contribution in [2.75, 3.05) is 13.7 Å². The van der Waals surface area contributed by atoms with Crippen LogP contribution in [0, 0.1) is 17.0 Å². The maximum absolute atomic E-state index is 14.3. The first-order chi connectivity index (χ1) is 22.1. The molecular formula is C34H29BrN4O6S. The Kier molecular flexibility index (Phi) is 8.49. The van der Waals surface area contributed by atoms with Crippen molar-refractivity contribution >= 4 is 55.9 Å². The molecule has 0 spiro atoms. The second-order valence-electron chi connectivity index (χ2n) is 10.7. The number of hydrogen-bond donors (Lipinski definition) is 0. The molecule has 1 atom stereocenters. The number of benzene rings is 3. The Labute approximate surface area is 275 Å². The lowest BCUT2D eigenvalue weighted by molar-refractivity contribution is -0.384. The molecule has 12 heteroatoms. The monoisotopic (exact) mass is 700 g/mol. The summed E-state index contributed by atoms with van der Waals surface area (Å²) >= 11 is 4.81. The third-order valence-corrected chi connectivity index (χ3v) is 9.65. The number of nitro benzene ring substituents is 1. The SMILES string of the molecule is CCOC(=O)C1=C(C)N=c2s/c(=C/c3c(C)n(Cc4ccc([N+](=O)[O-])cc4)c4ccccc34)c(=O)n2[C@H]1c1ccc(OC)c(Br)c1. The van der Waals surface area contributed by atoms with Crippen LogP contribution in [0.15, 0.2) is 92.3 Å². The Hall–Kier alpha value is -4.81. The first-order valence-electron chi connectivity index (χ1n) is 14.5. The van der Waals surface area contributed by atoms with Crippen molar-refractivity contribution in [3.05, 3.63) is 135 Å². The number of methoxy groups -OCH3 is 1. The van der Waals surface area contributed by atoms with E-state index in [0.717, 1.165) is 27.7 Å². The Bertz CT molecular complexity index is 2250. The summed E-state index contributed by atoms with van der Waals surface area (Å²) in [5, 5.41) is 12.1. The molecule has 0 aliphatic carbocycles. The standard InChI is InChI=1S/C34H29BrN4O6S/c1-5-45-33(41)30-19(2)36-34-38(31(30)22-12-15-28(44-4)26(35)16-22)32(40)29(46-34)17-25-20(3)37(27-9-7-6-8-24(25)27)18-21-10-13-23(14-11-21)39(42)43/h6-17,31H,5,18H2,1-4H3/b29-17+/t31-/m0/s1. The highest BCUT2D eigenvalue weighted by Gasteiger charge is 2.33. The van der Waals surface area contributed by atoms with Crippen LogP contribution in [0.4, 0.5) is 5.69 Å². The van der Waals surface area contributed by atoms with Gasteiger partial charge in [0.25, 0.3) is 11.2 Å². The van der Waals surface area contributed by atoms with Gasteiger partial charge < -0.3 is 14.0 Å². The fourth-order valence-corrected chi connectivity index (χ4v) is 7.43. The molecule has 234 valence electrons. The summed E-state index contributed by atoms with van der Waals surface area (Å²) < 4.78 is 15.7. The maximum atomic E-state index is 14.3. The summed E-state index contributed by atoms with van der Waals surface area (Å²) in [5.74, 6) is 0.0928. The van der Waals surface area contributed by atoms with Gasteiger partial charge in [-0.15, -0.1) is 0 Å². The van der Waals surface area contributed by atoms with Crippen LogP contribution in [-0.2, 0) is 16.1 Å². The number of carbonyl (C=O) groups is 1. The zero-order chi connectivity index (χ0) is 32.7. The van der Waals surface area contributed by atoms with Gasteiger partial charge in [0.1, 0.15) is 5.75 Å². The van der Waals surface area contributed by atoms with Gasteiger partial charge in [-0.2, -0.15) is 0 Å². The van der Waals surface area contributed by atoms with Gasteiger partial charge in [-0.05, 0) is 72.1 Å². The lowest BCUT2D eigenvalue weighted by atomic mass is 9.96. The number of thiazole rings is 1. The van der Waals surface area contributed by atoms with Crippen molar-refractivity contribution in [2.45, 2.75) is 33.4 Å². The molecule has 6 rings (SSSR count). The van der Waals surface area contributed by atoms with E-state index in [9.17, 15) is 19.7 Å². The number of aromatic nitrogens is 2. The fraction of sp³-hybridized carbons (Fsp3) is 0.206. The van der Waals surface area contributed by atoms with Crippen LogP contribution in [0.3, 0.4) is 0 Å². The molecule has 5 aromatic rings. The number of allylic oxidation sites excluding steroid dienone is 1. The van der Waals surface area contributed by atoms with E-state index in [2.05, 4.69) is 20.5 Å². The van der Waals surface area contributed by atoms with E-state index < -0.39 is 16.9 Å². The zero-order valence-corrected chi connectivity index (χ0v) is 27.8. The lowest BCUT2D eigenvalue weighted by Gasteiger charge is -2.25. The minimum atomic E-state index is -0.760. The van der Waals surface area contributed by atoms with Gasteiger partial charge in [-0.1, -0.05) is 47.7 Å². The summed E-state index contributed by atoms with van der Waals surface area (Å²) in [5.41, 5.74) is 4.95. The Morgan fingerprint density at radius 3 is 2.54 bits per heavy atom. The molecule has 0 unspecified atom stereocenters. The molecule has 46 heavy (non-hydrogen) atoms. The molecule has 0 amide bonds. The molecule has 0 saturated heterocycles. The normalized spacial score (nSPS) is 14.7. The van der Waals surface area contributed by atoms with Crippen molar-refractivity contribution in [1.29, 1.82) is 0 Å². The van der Waals surface area contributed by atoms with Crippen LogP contribution >= 0.6 is 27.3 Å². The molecule has 0 fully saturated rings. The highest BCUT2D eigenvalue weighted by atomic mass is 79.9. The van der Waals surface area contributed by atoms with Crippen LogP contribution in [0.1, 0.15) is 42.3 Å². The predicted molar refractivity (Wildman–Crippen MR) is 180 cm³/mol. The van der Waals surface area contributed by atoms with E-state index >= 15 is 0 Å². The minimum Gasteiger partial charge on any atom is -0.496 e. The van der Waals surface area contributed by atoms with Crippen molar-refractivity contribution in [3.8, 4) is 5.75 Å². The first kappa shape index (κ1) is 31.2. The molecular weight excluding hydrogens is 672 g/mol. The molecule has 0 N–H and O–H groups in total. The van der Waals surface area contributed by atoms with E-state index in [1.165, 1.54) is 23.5 Å². The third-order valence-electron chi connectivity index (χ3n) is 8.05. The van der Waals surface area contributed by atoms with Gasteiger partial charge in [-0.25, -0.2) is 9.79 Å². The number of halogens is 1. The van der Waals surface area contributed by atoms with Gasteiger partial charge in [0.2, 0.25) is 0 Å². The molecule has 1 aliphatic rings. The van der Waals surface area contributed by atoms with Crippen LogP contribution in [0.25, 0.3) is 17.0 Å². The molecule has 3 aromatic carbocycles. The van der Waals surface area contributed by atoms with E-state index in [-0.39, 0.29) is 17.9 Å². The molecule has 0 saturated carbocycles. The summed E-state index contributed by atoms with van der Waals surface area (Å²) in [6.07, 6.45) is 1.89. The summed E-state index contributed by atoms with van der Waals surface area (Å²) in [6.45, 7) is 6.17. The second kappa shape index (κ2) is 12.5. The average Bonchev–Trinajstić information content (AvgIpc) is 3.49. The number of rotatable bonds is 8. The summed E-state index contributed by atoms with van der Waals surface area (Å²) in [7, 11) is 1.57. The van der Waals surface area contributed by atoms with Crippen LogP contribution in [-0.4, -0.2) is 33.7 Å². The van der Waals surface area contributed by atoms with Crippen LogP contribution in [0.2, 0.25) is 0 Å². The molecule has 3 heterocycles. The molecule has 1 aliphatic heterocycles. The number of non-ortho nitro benzene ring substituents is 1. The lowest BCUT2D eigenvalue weighted by Crippen LogP contribution is -2.40. The van der Waals surface area contributed by atoms with Gasteiger partial charge in [0.15, 0.2) is 4.80 Å². The van der Waals surface area contributed by atoms with E-state index in [1.54, 1.807) is 43.7 Å². The van der Waals surface area contributed by atoms with Crippen LogP contribution in [0.5, 0.6) is 5.75 Å². The number of nitrogens with zero attached hydrogens (tertiary/aromatic N) is 4. The smallest absolute Gasteiger partial charge is 0.338 e. The largest absolute Gasteiger partial charge is 0.496 e. The summed E-state index contributed by atoms with van der Waals surface area (Å²) in [6, 6.07) is 19.2. The Balaban J connectivity index is 1.52. The number of esters is 1. The Morgan fingerprint density at radius 1 is 1.13 bits per heavy atom. The highest BCUT2D eigenvalue weighted by Crippen LogP contribution is 2.35. The van der Waals surface area contributed by atoms with Crippen molar-refractivity contribution in [3.63, 3.8) is 0 Å². The number of nitro groups is 1. The van der Waals surface area contributed by atoms with Crippen molar-refractivity contribution < 1.29 is 19.2 Å². The number of carbonyl (C=O) groups excluding carboxylic acids is 1. The number of fused-ring (bicyclic) bond motifs is 2.